The van der Waals surface area contributed by atoms with Crippen LogP contribution in [0.2, 0.25) is 0 Å². The quantitative estimate of drug-likeness (QED) is 0.515. The molecule has 0 bridgehead atoms. The molecule has 0 aromatic heterocycles. The third-order valence-electron chi connectivity index (χ3n) is 2.37. The molecule has 16 heavy (non-hydrogen) atoms. The van der Waals surface area contributed by atoms with Crippen molar-refractivity contribution in [2.45, 2.75) is 44.8 Å². The summed E-state index contributed by atoms with van der Waals surface area (Å²) in [5.74, 6) is -0.824. The first-order valence-electron chi connectivity index (χ1n) is 5.75. The fraction of sp³-hybridized carbons (Fsp3) is 0.909. The zero-order valence-electron chi connectivity index (χ0n) is 10.1. The molecule has 0 spiro atoms. The number of unbranched alkanes of at least 4 members (excludes halogenated alkanes) is 1. The summed E-state index contributed by atoms with van der Waals surface area (Å²) in [4.78, 5) is 10.9. The lowest BCUT2D eigenvalue weighted by atomic mass is 10.1. The molecule has 0 aromatic rings. The van der Waals surface area contributed by atoms with Crippen LogP contribution in [0.15, 0.2) is 0 Å². The Bertz CT molecular complexity index is 187. The molecule has 0 saturated carbocycles. The smallest absolute Gasteiger partial charge is 0.320 e. The number of aliphatic carboxylic acids is 1. The van der Waals surface area contributed by atoms with Gasteiger partial charge in [-0.1, -0.05) is 19.8 Å². The van der Waals surface area contributed by atoms with Crippen LogP contribution in [0, 0.1) is 0 Å². The second kappa shape index (κ2) is 9.57. The van der Waals surface area contributed by atoms with Crippen molar-refractivity contribution >= 4 is 5.97 Å². The highest BCUT2D eigenvalue weighted by Gasteiger charge is 2.15. The number of carboxylic acids is 1. The number of nitrogens with one attached hydrogen (secondary N) is 1. The maximum atomic E-state index is 10.9. The molecule has 0 fully saturated rings. The summed E-state index contributed by atoms with van der Waals surface area (Å²) in [5.41, 5.74) is 0. The molecule has 0 amide bonds. The molecule has 0 aliphatic heterocycles. The minimum absolute atomic E-state index is 0.286. The van der Waals surface area contributed by atoms with Crippen molar-refractivity contribution < 1.29 is 19.7 Å². The summed E-state index contributed by atoms with van der Waals surface area (Å²) in [6, 6.07) is -0.505. The van der Waals surface area contributed by atoms with Gasteiger partial charge in [0.05, 0.1) is 12.7 Å². The molecule has 96 valence electrons. The Balaban J connectivity index is 3.71. The Morgan fingerprint density at radius 2 is 2.12 bits per heavy atom. The average molecular weight is 233 g/mol. The van der Waals surface area contributed by atoms with Gasteiger partial charge in [0.15, 0.2) is 0 Å². The first kappa shape index (κ1) is 15.3. The molecule has 0 heterocycles. The number of hydrogen-bond donors (Lipinski definition) is 3. The van der Waals surface area contributed by atoms with Crippen LogP contribution in [0.3, 0.4) is 0 Å². The van der Waals surface area contributed by atoms with E-state index in [-0.39, 0.29) is 6.61 Å². The summed E-state index contributed by atoms with van der Waals surface area (Å²) >= 11 is 0. The van der Waals surface area contributed by atoms with Crippen LogP contribution in [0.25, 0.3) is 0 Å². The van der Waals surface area contributed by atoms with E-state index in [0.717, 1.165) is 12.8 Å². The molecule has 2 atom stereocenters. The van der Waals surface area contributed by atoms with Crippen molar-refractivity contribution in [2.75, 3.05) is 20.3 Å². The fourth-order valence-electron chi connectivity index (χ4n) is 1.42. The van der Waals surface area contributed by atoms with E-state index < -0.39 is 18.1 Å². The Morgan fingerprint density at radius 3 is 2.62 bits per heavy atom. The highest BCUT2D eigenvalue weighted by atomic mass is 16.5. The largest absolute Gasteiger partial charge is 0.480 e. The normalized spacial score (nSPS) is 14.7. The van der Waals surface area contributed by atoms with Crippen molar-refractivity contribution in [2.24, 2.45) is 0 Å². The predicted molar refractivity (Wildman–Crippen MR) is 61.5 cm³/mol. The molecule has 5 nitrogen and oxygen atoms in total. The molecular weight excluding hydrogens is 210 g/mol. The van der Waals surface area contributed by atoms with E-state index in [1.165, 1.54) is 7.11 Å². The summed E-state index contributed by atoms with van der Waals surface area (Å²) < 4.78 is 4.78. The minimum atomic E-state index is -0.824. The van der Waals surface area contributed by atoms with Gasteiger partial charge in [-0.25, -0.2) is 0 Å². The van der Waals surface area contributed by atoms with E-state index in [0.29, 0.717) is 19.4 Å². The summed E-state index contributed by atoms with van der Waals surface area (Å²) in [7, 11) is 1.53. The molecular formula is C11H23NO4. The van der Waals surface area contributed by atoms with Gasteiger partial charge in [-0.15, -0.1) is 0 Å². The van der Waals surface area contributed by atoms with Gasteiger partial charge >= 0.3 is 5.97 Å². The first-order valence-corrected chi connectivity index (χ1v) is 5.75. The molecule has 2 unspecified atom stereocenters. The van der Waals surface area contributed by atoms with E-state index in [9.17, 15) is 9.90 Å². The standard InChI is InChI=1S/C11H23NO4/c1-3-4-5-10(11(14)15)12-7-6-9(13)8-16-2/h9-10,12-13H,3-8H2,1-2H3,(H,14,15). The fourth-order valence-corrected chi connectivity index (χ4v) is 1.42. The second-order valence-electron chi connectivity index (χ2n) is 3.89. The zero-order valence-corrected chi connectivity index (χ0v) is 10.1. The summed E-state index contributed by atoms with van der Waals surface area (Å²) in [6.45, 7) is 2.81. The molecule has 5 heteroatoms. The topological polar surface area (TPSA) is 78.8 Å². The Labute approximate surface area is 96.8 Å². The van der Waals surface area contributed by atoms with Crippen LogP contribution in [0.5, 0.6) is 0 Å². The summed E-state index contributed by atoms with van der Waals surface area (Å²) in [5, 5.41) is 21.2. The Hall–Kier alpha value is -0.650. The highest BCUT2D eigenvalue weighted by molar-refractivity contribution is 5.73. The van der Waals surface area contributed by atoms with E-state index in [1.54, 1.807) is 0 Å². The van der Waals surface area contributed by atoms with Crippen molar-refractivity contribution in [3.63, 3.8) is 0 Å². The maximum absolute atomic E-state index is 10.9. The zero-order chi connectivity index (χ0) is 12.4. The first-order chi connectivity index (χ1) is 7.61. The number of aliphatic hydroxyl groups is 1. The maximum Gasteiger partial charge on any atom is 0.320 e. The van der Waals surface area contributed by atoms with E-state index in [2.05, 4.69) is 5.32 Å². The lowest BCUT2D eigenvalue weighted by molar-refractivity contribution is -0.139. The van der Waals surface area contributed by atoms with Gasteiger partial charge in [-0.05, 0) is 19.4 Å². The van der Waals surface area contributed by atoms with Gasteiger partial charge in [0.25, 0.3) is 0 Å². The van der Waals surface area contributed by atoms with Crippen molar-refractivity contribution in [1.29, 1.82) is 0 Å². The molecule has 0 saturated heterocycles. The summed E-state index contributed by atoms with van der Waals surface area (Å²) in [6.07, 6.45) is 2.48. The van der Waals surface area contributed by atoms with Crippen LogP contribution in [-0.2, 0) is 9.53 Å². The number of carboxylic acid groups (broad SMARTS) is 1. The lowest BCUT2D eigenvalue weighted by Gasteiger charge is -2.15. The minimum Gasteiger partial charge on any atom is -0.480 e. The van der Waals surface area contributed by atoms with Crippen LogP contribution >= 0.6 is 0 Å². The SMILES string of the molecule is CCCCC(NCCC(O)COC)C(=O)O. The van der Waals surface area contributed by atoms with Gasteiger partial charge in [0.2, 0.25) is 0 Å². The van der Waals surface area contributed by atoms with Crippen molar-refractivity contribution in [3.8, 4) is 0 Å². The molecule has 3 N–H and O–H groups in total. The van der Waals surface area contributed by atoms with E-state index >= 15 is 0 Å². The van der Waals surface area contributed by atoms with E-state index in [4.69, 9.17) is 9.84 Å². The van der Waals surface area contributed by atoms with Crippen molar-refractivity contribution in [1.82, 2.24) is 5.32 Å². The third-order valence-corrected chi connectivity index (χ3v) is 2.37. The van der Waals surface area contributed by atoms with E-state index in [1.807, 2.05) is 6.92 Å². The van der Waals surface area contributed by atoms with Gasteiger partial charge in [-0.3, -0.25) is 4.79 Å². The highest BCUT2D eigenvalue weighted by Crippen LogP contribution is 2.01. The van der Waals surface area contributed by atoms with Gasteiger partial charge in [-0.2, -0.15) is 0 Å². The van der Waals surface area contributed by atoms with Crippen LogP contribution in [0.4, 0.5) is 0 Å². The third kappa shape index (κ3) is 7.62. The molecule has 0 radical (unpaired) electrons. The van der Waals surface area contributed by atoms with Crippen molar-refractivity contribution in [3.05, 3.63) is 0 Å². The van der Waals surface area contributed by atoms with Gasteiger partial charge in [0, 0.05) is 7.11 Å². The second-order valence-corrected chi connectivity index (χ2v) is 3.89. The Kier molecular flexibility index (Phi) is 9.18. The number of carbonyl (C=O) groups is 1. The van der Waals surface area contributed by atoms with Gasteiger partial charge < -0.3 is 20.3 Å². The molecule has 0 aliphatic carbocycles. The number of aliphatic hydroxyl groups excluding tert-OH is 1. The number of methoxy groups -OCH3 is 1. The lowest BCUT2D eigenvalue weighted by Crippen LogP contribution is -2.38. The Morgan fingerprint density at radius 1 is 1.44 bits per heavy atom. The number of rotatable bonds is 10. The van der Waals surface area contributed by atoms with Crippen LogP contribution in [-0.4, -0.2) is 48.6 Å². The molecule has 0 aromatic carbocycles. The number of hydrogen-bond acceptors (Lipinski definition) is 4. The van der Waals surface area contributed by atoms with Crippen LogP contribution in [0.1, 0.15) is 32.6 Å². The average Bonchev–Trinajstić information content (AvgIpc) is 2.23. The van der Waals surface area contributed by atoms with Crippen LogP contribution < -0.4 is 5.32 Å². The number of ether oxygens (including phenoxy) is 1. The van der Waals surface area contributed by atoms with Gasteiger partial charge in [0.1, 0.15) is 6.04 Å². The predicted octanol–water partition coefficient (Wildman–Crippen LogP) is 0.617. The molecule has 0 rings (SSSR count). The monoisotopic (exact) mass is 233 g/mol. The molecule has 0 aliphatic rings.